The molecule has 0 spiro atoms. The molecule has 0 aliphatic heterocycles. The van der Waals surface area contributed by atoms with Gasteiger partial charge in [-0.3, -0.25) is 0 Å². The number of carbonyl (C=O) groups excluding carboxylic acids is 1. The fraction of sp³-hybridized carbons (Fsp3) is 0.280. The van der Waals surface area contributed by atoms with E-state index in [0.717, 1.165) is 56.3 Å². The van der Waals surface area contributed by atoms with E-state index in [1.807, 2.05) is 52.0 Å². The monoisotopic (exact) mass is 405 g/mol. The van der Waals surface area contributed by atoms with Crippen LogP contribution in [-0.2, 0) is 4.74 Å². The summed E-state index contributed by atoms with van der Waals surface area (Å²) in [5.74, 6) is 1.19. The minimum atomic E-state index is -0.396. The summed E-state index contributed by atoms with van der Waals surface area (Å²) in [6.45, 7) is 8.06. The number of methoxy groups -OCH3 is 3. The molecule has 1 aromatic heterocycles. The van der Waals surface area contributed by atoms with Crippen molar-refractivity contribution in [1.82, 2.24) is 4.98 Å². The number of carbonyl (C=O) groups is 1. The molecular weight excluding hydrogens is 378 g/mol. The third-order valence-electron chi connectivity index (χ3n) is 5.24. The Balaban J connectivity index is 2.29. The fourth-order valence-corrected chi connectivity index (χ4v) is 3.91. The van der Waals surface area contributed by atoms with Crippen molar-refractivity contribution < 1.29 is 19.0 Å². The van der Waals surface area contributed by atoms with Crippen LogP contribution in [-0.4, -0.2) is 32.3 Å². The first-order chi connectivity index (χ1) is 14.3. The first-order valence-electron chi connectivity index (χ1n) is 9.70. The Morgan fingerprint density at radius 3 is 1.33 bits per heavy atom. The zero-order chi connectivity index (χ0) is 22.0. The van der Waals surface area contributed by atoms with Crippen LogP contribution in [0.2, 0.25) is 0 Å². The third kappa shape index (κ3) is 4.01. The molecule has 3 rings (SSSR count). The lowest BCUT2D eigenvalue weighted by atomic mass is 9.94. The molecule has 156 valence electrons. The van der Waals surface area contributed by atoms with Gasteiger partial charge in [-0.1, -0.05) is 0 Å². The molecule has 2 aromatic carbocycles. The molecule has 1 heterocycles. The lowest BCUT2D eigenvalue weighted by molar-refractivity contribution is 0.0600. The van der Waals surface area contributed by atoms with Crippen molar-refractivity contribution in [1.29, 1.82) is 0 Å². The molecule has 0 fully saturated rings. The molecule has 0 atom stereocenters. The molecular formula is C25H27NO4. The highest BCUT2D eigenvalue weighted by molar-refractivity contribution is 5.93. The quantitative estimate of drug-likeness (QED) is 0.528. The fourth-order valence-electron chi connectivity index (χ4n) is 3.91. The van der Waals surface area contributed by atoms with Crippen LogP contribution in [0.4, 0.5) is 0 Å². The topological polar surface area (TPSA) is 57.7 Å². The highest BCUT2D eigenvalue weighted by Crippen LogP contribution is 2.35. The first-order valence-corrected chi connectivity index (χ1v) is 9.70. The van der Waals surface area contributed by atoms with Crippen molar-refractivity contribution in [3.8, 4) is 34.0 Å². The van der Waals surface area contributed by atoms with Gasteiger partial charge in [0.05, 0.1) is 38.3 Å². The summed E-state index contributed by atoms with van der Waals surface area (Å²) in [5, 5.41) is 0. The molecule has 0 saturated heterocycles. The van der Waals surface area contributed by atoms with E-state index in [4.69, 9.17) is 19.2 Å². The standard InChI is InChI=1S/C25H27NO4/c1-14-8-19(28-5)9-15(2)23(14)21-12-18(25(27)30-7)13-22(26-21)24-16(3)10-20(29-6)11-17(24)4/h8-13H,1-7H3. The molecule has 5 heteroatoms. The lowest BCUT2D eigenvalue weighted by Crippen LogP contribution is -2.05. The summed E-state index contributed by atoms with van der Waals surface area (Å²) in [5.41, 5.74) is 7.96. The second-order valence-electron chi connectivity index (χ2n) is 7.39. The van der Waals surface area contributed by atoms with E-state index in [0.29, 0.717) is 5.56 Å². The SMILES string of the molecule is COC(=O)c1cc(-c2c(C)cc(OC)cc2C)nc(-c2c(C)cc(OC)cc2C)c1. The van der Waals surface area contributed by atoms with Crippen LogP contribution in [0.1, 0.15) is 32.6 Å². The van der Waals surface area contributed by atoms with Crippen molar-refractivity contribution in [2.24, 2.45) is 0 Å². The van der Waals surface area contributed by atoms with Crippen molar-refractivity contribution in [3.63, 3.8) is 0 Å². The van der Waals surface area contributed by atoms with Gasteiger partial charge < -0.3 is 14.2 Å². The number of aromatic nitrogens is 1. The predicted octanol–water partition coefficient (Wildman–Crippen LogP) is 5.45. The van der Waals surface area contributed by atoms with E-state index in [1.165, 1.54) is 7.11 Å². The number of hydrogen-bond acceptors (Lipinski definition) is 5. The van der Waals surface area contributed by atoms with Crippen molar-refractivity contribution in [2.45, 2.75) is 27.7 Å². The zero-order valence-electron chi connectivity index (χ0n) is 18.5. The molecule has 0 radical (unpaired) electrons. The minimum Gasteiger partial charge on any atom is -0.497 e. The van der Waals surface area contributed by atoms with Gasteiger partial charge in [0.1, 0.15) is 11.5 Å². The largest absolute Gasteiger partial charge is 0.497 e. The van der Waals surface area contributed by atoms with Gasteiger partial charge in [0.15, 0.2) is 0 Å². The van der Waals surface area contributed by atoms with Crippen LogP contribution in [0.25, 0.3) is 22.5 Å². The smallest absolute Gasteiger partial charge is 0.338 e. The van der Waals surface area contributed by atoms with Crippen LogP contribution in [0, 0.1) is 27.7 Å². The van der Waals surface area contributed by atoms with Gasteiger partial charge in [-0.15, -0.1) is 0 Å². The third-order valence-corrected chi connectivity index (χ3v) is 5.24. The van der Waals surface area contributed by atoms with E-state index in [9.17, 15) is 4.79 Å². The van der Waals surface area contributed by atoms with E-state index < -0.39 is 5.97 Å². The van der Waals surface area contributed by atoms with E-state index in [1.54, 1.807) is 26.4 Å². The highest BCUT2D eigenvalue weighted by atomic mass is 16.5. The molecule has 0 saturated carbocycles. The van der Waals surface area contributed by atoms with E-state index in [-0.39, 0.29) is 0 Å². The second-order valence-corrected chi connectivity index (χ2v) is 7.39. The van der Waals surface area contributed by atoms with Crippen LogP contribution in [0.3, 0.4) is 0 Å². The summed E-state index contributed by atoms with van der Waals surface area (Å²) in [4.78, 5) is 17.4. The molecule has 0 aliphatic rings. The van der Waals surface area contributed by atoms with Crippen LogP contribution in [0.5, 0.6) is 11.5 Å². The number of benzene rings is 2. The Kier molecular flexibility index (Phi) is 6.11. The molecule has 3 aromatic rings. The van der Waals surface area contributed by atoms with E-state index >= 15 is 0 Å². The maximum absolute atomic E-state index is 12.4. The van der Waals surface area contributed by atoms with Crippen molar-refractivity contribution >= 4 is 5.97 Å². The minimum absolute atomic E-state index is 0.396. The number of aryl methyl sites for hydroxylation is 4. The average Bonchev–Trinajstić information content (AvgIpc) is 2.71. The Morgan fingerprint density at radius 2 is 1.03 bits per heavy atom. The summed E-state index contributed by atoms with van der Waals surface area (Å²) in [6, 6.07) is 11.4. The van der Waals surface area contributed by atoms with E-state index in [2.05, 4.69) is 0 Å². The zero-order valence-corrected chi connectivity index (χ0v) is 18.5. The van der Waals surface area contributed by atoms with Gasteiger partial charge in [0, 0.05) is 11.1 Å². The van der Waals surface area contributed by atoms with Crippen molar-refractivity contribution in [3.05, 3.63) is 64.2 Å². The highest BCUT2D eigenvalue weighted by Gasteiger charge is 2.18. The summed E-state index contributed by atoms with van der Waals surface area (Å²) in [7, 11) is 4.69. The molecule has 0 amide bonds. The van der Waals surface area contributed by atoms with Gasteiger partial charge >= 0.3 is 5.97 Å². The van der Waals surface area contributed by atoms with Gasteiger partial charge in [-0.25, -0.2) is 9.78 Å². The number of esters is 1. The van der Waals surface area contributed by atoms with Crippen LogP contribution >= 0.6 is 0 Å². The summed E-state index contributed by atoms with van der Waals surface area (Å²) in [6.07, 6.45) is 0. The lowest BCUT2D eigenvalue weighted by Gasteiger charge is -2.16. The van der Waals surface area contributed by atoms with Crippen LogP contribution in [0.15, 0.2) is 36.4 Å². The Hall–Kier alpha value is -3.34. The Bertz CT molecular complexity index is 994. The normalized spacial score (nSPS) is 10.6. The second kappa shape index (κ2) is 8.57. The summed E-state index contributed by atoms with van der Waals surface area (Å²) < 4.78 is 15.8. The van der Waals surface area contributed by atoms with Crippen molar-refractivity contribution in [2.75, 3.05) is 21.3 Å². The number of pyridine rings is 1. The van der Waals surface area contributed by atoms with Gasteiger partial charge in [-0.05, 0) is 86.3 Å². The maximum atomic E-state index is 12.4. The average molecular weight is 405 g/mol. The molecule has 0 N–H and O–H groups in total. The summed E-state index contributed by atoms with van der Waals surface area (Å²) >= 11 is 0. The molecule has 0 aliphatic carbocycles. The molecule has 30 heavy (non-hydrogen) atoms. The van der Waals surface area contributed by atoms with Gasteiger partial charge in [0.25, 0.3) is 0 Å². The number of rotatable bonds is 5. The Labute approximate surface area is 177 Å². The molecule has 0 unspecified atom stereocenters. The first kappa shape index (κ1) is 21.4. The predicted molar refractivity (Wildman–Crippen MR) is 119 cm³/mol. The molecule has 5 nitrogen and oxygen atoms in total. The van der Waals surface area contributed by atoms with Crippen LogP contribution < -0.4 is 9.47 Å². The molecule has 0 bridgehead atoms. The van der Waals surface area contributed by atoms with Gasteiger partial charge in [0.2, 0.25) is 0 Å². The number of ether oxygens (including phenoxy) is 3. The number of hydrogen-bond donors (Lipinski definition) is 0. The number of nitrogens with zero attached hydrogens (tertiary/aromatic N) is 1. The van der Waals surface area contributed by atoms with Gasteiger partial charge in [-0.2, -0.15) is 0 Å². The Morgan fingerprint density at radius 1 is 0.667 bits per heavy atom. The maximum Gasteiger partial charge on any atom is 0.338 e.